The molecule has 0 saturated heterocycles. The molecular weight excluding hydrogens is 268 g/mol. The van der Waals surface area contributed by atoms with Crippen molar-refractivity contribution in [2.75, 3.05) is 0 Å². The van der Waals surface area contributed by atoms with Crippen LogP contribution >= 0.6 is 0 Å². The van der Waals surface area contributed by atoms with Crippen LogP contribution < -0.4 is 11.1 Å². The molecular formula is C15H24N4O2. The van der Waals surface area contributed by atoms with Crippen LogP contribution in [0.25, 0.3) is 0 Å². The van der Waals surface area contributed by atoms with Gasteiger partial charge in [-0.1, -0.05) is 26.2 Å². The molecule has 1 aromatic heterocycles. The highest BCUT2D eigenvalue weighted by Gasteiger charge is 2.30. The van der Waals surface area contributed by atoms with Crippen molar-refractivity contribution in [3.8, 4) is 0 Å². The molecule has 1 atom stereocenters. The molecule has 0 aromatic carbocycles. The molecule has 1 aliphatic carbocycles. The quantitative estimate of drug-likeness (QED) is 0.853. The van der Waals surface area contributed by atoms with Crippen LogP contribution in [0.3, 0.4) is 0 Å². The number of hydrogen-bond acceptors (Lipinski definition) is 3. The van der Waals surface area contributed by atoms with Crippen LogP contribution in [0.1, 0.15) is 55.2 Å². The first-order valence-electron chi connectivity index (χ1n) is 7.66. The third-order valence-electron chi connectivity index (χ3n) is 4.24. The van der Waals surface area contributed by atoms with E-state index in [1.165, 1.54) is 6.42 Å². The highest BCUT2D eigenvalue weighted by molar-refractivity contribution is 5.96. The van der Waals surface area contributed by atoms with E-state index in [0.29, 0.717) is 5.69 Å². The van der Waals surface area contributed by atoms with E-state index in [4.69, 9.17) is 5.73 Å². The Morgan fingerprint density at radius 1 is 1.43 bits per heavy atom. The Morgan fingerprint density at radius 2 is 2.10 bits per heavy atom. The zero-order valence-corrected chi connectivity index (χ0v) is 12.8. The van der Waals surface area contributed by atoms with Gasteiger partial charge in [0.05, 0.1) is 5.69 Å². The van der Waals surface area contributed by atoms with Crippen LogP contribution in [-0.2, 0) is 18.3 Å². The van der Waals surface area contributed by atoms with Gasteiger partial charge in [0.25, 0.3) is 5.91 Å². The molecule has 1 heterocycles. The number of rotatable bonds is 5. The Labute approximate surface area is 125 Å². The SMILES string of the molecule is CCc1cc(C(=O)NC(C(N)=O)C2CCCCC2)n(C)n1. The van der Waals surface area contributed by atoms with Crippen molar-refractivity contribution in [2.24, 2.45) is 18.7 Å². The zero-order chi connectivity index (χ0) is 15.4. The largest absolute Gasteiger partial charge is 0.368 e. The lowest BCUT2D eigenvalue weighted by atomic mass is 9.83. The van der Waals surface area contributed by atoms with E-state index < -0.39 is 11.9 Å². The van der Waals surface area contributed by atoms with Gasteiger partial charge in [0, 0.05) is 7.05 Å². The number of hydrogen-bond donors (Lipinski definition) is 2. The van der Waals surface area contributed by atoms with Crippen molar-refractivity contribution < 1.29 is 9.59 Å². The average Bonchev–Trinajstić information content (AvgIpc) is 2.86. The van der Waals surface area contributed by atoms with Crippen LogP contribution in [0, 0.1) is 5.92 Å². The van der Waals surface area contributed by atoms with Gasteiger partial charge < -0.3 is 11.1 Å². The Bertz CT molecular complexity index is 518. The van der Waals surface area contributed by atoms with E-state index in [-0.39, 0.29) is 11.8 Å². The lowest BCUT2D eigenvalue weighted by molar-refractivity contribution is -0.121. The van der Waals surface area contributed by atoms with Crippen LogP contribution in [0.15, 0.2) is 6.07 Å². The standard InChI is InChI=1S/C15H24N4O2/c1-3-11-9-12(19(2)18-11)15(21)17-13(14(16)20)10-7-5-4-6-8-10/h9-10,13H,3-8H2,1-2H3,(H2,16,20)(H,17,21). The Hall–Kier alpha value is -1.85. The summed E-state index contributed by atoms with van der Waals surface area (Å²) >= 11 is 0. The molecule has 6 nitrogen and oxygen atoms in total. The fraction of sp³-hybridized carbons (Fsp3) is 0.667. The fourth-order valence-corrected chi connectivity index (χ4v) is 3.02. The minimum Gasteiger partial charge on any atom is -0.368 e. The van der Waals surface area contributed by atoms with E-state index in [1.54, 1.807) is 17.8 Å². The number of nitrogens with two attached hydrogens (primary N) is 1. The molecule has 2 amide bonds. The highest BCUT2D eigenvalue weighted by Crippen LogP contribution is 2.26. The minimum atomic E-state index is -0.585. The topological polar surface area (TPSA) is 90.0 Å². The van der Waals surface area contributed by atoms with Crippen molar-refractivity contribution >= 4 is 11.8 Å². The maximum Gasteiger partial charge on any atom is 0.270 e. The van der Waals surface area contributed by atoms with E-state index in [2.05, 4.69) is 10.4 Å². The monoisotopic (exact) mass is 292 g/mol. The first-order chi connectivity index (χ1) is 10.0. The smallest absolute Gasteiger partial charge is 0.270 e. The van der Waals surface area contributed by atoms with E-state index in [1.807, 2.05) is 6.92 Å². The normalized spacial score (nSPS) is 17.4. The molecule has 1 aromatic rings. The summed E-state index contributed by atoms with van der Waals surface area (Å²) in [6.07, 6.45) is 6.03. The number of carbonyl (C=O) groups excluding carboxylic acids is 2. The molecule has 21 heavy (non-hydrogen) atoms. The summed E-state index contributed by atoms with van der Waals surface area (Å²) in [6.45, 7) is 1.98. The second-order valence-electron chi connectivity index (χ2n) is 5.75. The molecule has 1 fully saturated rings. The number of carbonyl (C=O) groups is 2. The molecule has 2 rings (SSSR count). The van der Waals surface area contributed by atoms with Gasteiger partial charge >= 0.3 is 0 Å². The molecule has 116 valence electrons. The Morgan fingerprint density at radius 3 is 2.62 bits per heavy atom. The Balaban J connectivity index is 2.10. The summed E-state index contributed by atoms with van der Waals surface area (Å²) in [5, 5.41) is 7.06. The van der Waals surface area contributed by atoms with Gasteiger partial charge in [0.1, 0.15) is 11.7 Å². The molecule has 0 spiro atoms. The van der Waals surface area contributed by atoms with Gasteiger partial charge in [-0.2, -0.15) is 5.10 Å². The van der Waals surface area contributed by atoms with E-state index >= 15 is 0 Å². The molecule has 1 unspecified atom stereocenters. The number of aryl methyl sites for hydroxylation is 2. The van der Waals surface area contributed by atoms with Crippen LogP contribution in [0.4, 0.5) is 0 Å². The second-order valence-corrected chi connectivity index (χ2v) is 5.75. The molecule has 6 heteroatoms. The summed E-state index contributed by atoms with van der Waals surface area (Å²) in [4.78, 5) is 24.1. The first-order valence-corrected chi connectivity index (χ1v) is 7.66. The van der Waals surface area contributed by atoms with Gasteiger partial charge in [-0.25, -0.2) is 0 Å². The number of nitrogens with zero attached hydrogens (tertiary/aromatic N) is 2. The first kappa shape index (κ1) is 15.5. The molecule has 1 saturated carbocycles. The highest BCUT2D eigenvalue weighted by atomic mass is 16.2. The van der Waals surface area contributed by atoms with Crippen molar-refractivity contribution in [3.05, 3.63) is 17.5 Å². The van der Waals surface area contributed by atoms with Crippen molar-refractivity contribution in [2.45, 2.75) is 51.5 Å². The Kier molecular flexibility index (Phi) is 4.98. The van der Waals surface area contributed by atoms with E-state index in [0.717, 1.165) is 37.8 Å². The van der Waals surface area contributed by atoms with Crippen molar-refractivity contribution in [1.82, 2.24) is 15.1 Å². The van der Waals surface area contributed by atoms with Gasteiger partial charge in [-0.3, -0.25) is 14.3 Å². The van der Waals surface area contributed by atoms with Gasteiger partial charge in [0.15, 0.2) is 0 Å². The minimum absolute atomic E-state index is 0.152. The molecule has 0 aliphatic heterocycles. The third kappa shape index (κ3) is 3.62. The van der Waals surface area contributed by atoms with Crippen molar-refractivity contribution in [1.29, 1.82) is 0 Å². The average molecular weight is 292 g/mol. The predicted molar refractivity (Wildman–Crippen MR) is 79.6 cm³/mol. The second kappa shape index (κ2) is 6.74. The number of aromatic nitrogens is 2. The third-order valence-corrected chi connectivity index (χ3v) is 4.24. The van der Waals surface area contributed by atoms with Gasteiger partial charge in [-0.05, 0) is 31.2 Å². The number of amides is 2. The number of nitrogens with one attached hydrogen (secondary N) is 1. The summed E-state index contributed by atoms with van der Waals surface area (Å²) < 4.78 is 1.55. The maximum absolute atomic E-state index is 12.4. The van der Waals surface area contributed by atoms with Gasteiger partial charge in [0.2, 0.25) is 5.91 Å². The lowest BCUT2D eigenvalue weighted by Gasteiger charge is -2.28. The number of primary amides is 1. The summed E-state index contributed by atoms with van der Waals surface area (Å²) in [5.74, 6) is -0.578. The molecule has 1 aliphatic rings. The summed E-state index contributed by atoms with van der Waals surface area (Å²) in [5.41, 5.74) is 6.81. The zero-order valence-electron chi connectivity index (χ0n) is 12.8. The predicted octanol–water partition coefficient (Wildman–Crippen LogP) is 1.15. The molecule has 0 radical (unpaired) electrons. The fourth-order valence-electron chi connectivity index (χ4n) is 3.02. The molecule has 0 bridgehead atoms. The van der Waals surface area contributed by atoms with Crippen molar-refractivity contribution in [3.63, 3.8) is 0 Å². The summed E-state index contributed by atoms with van der Waals surface area (Å²) in [6, 6.07) is 1.17. The van der Waals surface area contributed by atoms with E-state index in [9.17, 15) is 9.59 Å². The maximum atomic E-state index is 12.4. The lowest BCUT2D eigenvalue weighted by Crippen LogP contribution is -2.49. The van der Waals surface area contributed by atoms with Crippen LogP contribution in [-0.4, -0.2) is 27.6 Å². The molecule has 3 N–H and O–H groups in total. The summed E-state index contributed by atoms with van der Waals surface area (Å²) in [7, 11) is 1.73. The van der Waals surface area contributed by atoms with Crippen LogP contribution in [0.2, 0.25) is 0 Å². The van der Waals surface area contributed by atoms with Gasteiger partial charge in [-0.15, -0.1) is 0 Å². The van der Waals surface area contributed by atoms with Crippen LogP contribution in [0.5, 0.6) is 0 Å².